The summed E-state index contributed by atoms with van der Waals surface area (Å²) in [6, 6.07) is 0. The first kappa shape index (κ1) is 12.3. The summed E-state index contributed by atoms with van der Waals surface area (Å²) >= 11 is 6.10. The third kappa shape index (κ3) is 2.07. The van der Waals surface area contributed by atoms with Crippen LogP contribution in [0, 0.1) is 0 Å². The van der Waals surface area contributed by atoms with E-state index < -0.39 is 15.6 Å². The van der Waals surface area contributed by atoms with Crippen molar-refractivity contribution >= 4 is 21.6 Å². The molecule has 84 valence electrons. The summed E-state index contributed by atoms with van der Waals surface area (Å²) in [6.45, 7) is 6.22. The van der Waals surface area contributed by atoms with Crippen LogP contribution in [0.25, 0.3) is 0 Å². The molecule has 0 amide bonds. The predicted molar refractivity (Wildman–Crippen MR) is 59.1 cm³/mol. The van der Waals surface area contributed by atoms with Crippen LogP contribution in [0.1, 0.15) is 33.6 Å². The largest absolute Gasteiger partial charge is 0.214 e. The van der Waals surface area contributed by atoms with Gasteiger partial charge >= 0.3 is 0 Å². The number of hydrogen-bond donors (Lipinski definition) is 0. The van der Waals surface area contributed by atoms with Crippen molar-refractivity contribution in [3.63, 3.8) is 0 Å². The fraction of sp³-hybridized carbons (Fsp3) is 1.00. The van der Waals surface area contributed by atoms with E-state index in [-0.39, 0.29) is 11.1 Å². The molecule has 5 heteroatoms. The van der Waals surface area contributed by atoms with Crippen LogP contribution in [-0.4, -0.2) is 35.9 Å². The number of alkyl halides is 1. The number of halogens is 1. The zero-order valence-corrected chi connectivity index (χ0v) is 10.5. The minimum atomic E-state index is -3.10. The standard InChI is InChI=1S/C9H18ClNO2S/c1-4-7-14(12,13)11-6-5-8(10)9(11,2)3/h8H,4-7H2,1-3H3. The summed E-state index contributed by atoms with van der Waals surface area (Å²) in [6.07, 6.45) is 1.40. The lowest BCUT2D eigenvalue weighted by Crippen LogP contribution is -2.47. The second-order valence-electron chi connectivity index (χ2n) is 4.30. The monoisotopic (exact) mass is 239 g/mol. The first-order valence-corrected chi connectivity index (χ1v) is 7.01. The third-order valence-electron chi connectivity index (χ3n) is 2.79. The highest BCUT2D eigenvalue weighted by Crippen LogP contribution is 2.35. The minimum absolute atomic E-state index is 0.0749. The van der Waals surface area contributed by atoms with Crippen LogP contribution < -0.4 is 0 Å². The maximum Gasteiger partial charge on any atom is 0.214 e. The van der Waals surface area contributed by atoms with Gasteiger partial charge in [-0.05, 0) is 26.7 Å². The molecule has 0 aliphatic carbocycles. The Hall–Kier alpha value is 0.200. The number of rotatable bonds is 3. The summed E-state index contributed by atoms with van der Waals surface area (Å²) in [4.78, 5) is 0. The predicted octanol–water partition coefficient (Wildman–Crippen LogP) is 1.82. The molecule has 1 rings (SSSR count). The van der Waals surface area contributed by atoms with Gasteiger partial charge in [0.2, 0.25) is 10.0 Å². The molecular formula is C9H18ClNO2S. The van der Waals surface area contributed by atoms with E-state index in [2.05, 4.69) is 0 Å². The average Bonchev–Trinajstić information content (AvgIpc) is 2.27. The van der Waals surface area contributed by atoms with Gasteiger partial charge in [-0.1, -0.05) is 6.92 Å². The van der Waals surface area contributed by atoms with E-state index in [1.165, 1.54) is 0 Å². The van der Waals surface area contributed by atoms with Crippen molar-refractivity contribution in [3.8, 4) is 0 Å². The van der Waals surface area contributed by atoms with Crippen LogP contribution in [0.15, 0.2) is 0 Å². The molecule has 1 atom stereocenters. The molecule has 1 fully saturated rings. The van der Waals surface area contributed by atoms with Gasteiger partial charge in [-0.2, -0.15) is 4.31 Å². The van der Waals surface area contributed by atoms with Gasteiger partial charge < -0.3 is 0 Å². The van der Waals surface area contributed by atoms with Crippen molar-refractivity contribution in [2.75, 3.05) is 12.3 Å². The molecule has 1 aliphatic heterocycles. The average molecular weight is 240 g/mol. The van der Waals surface area contributed by atoms with E-state index in [9.17, 15) is 8.42 Å². The van der Waals surface area contributed by atoms with Crippen LogP contribution >= 0.6 is 11.6 Å². The van der Waals surface area contributed by atoms with E-state index in [1.54, 1.807) is 4.31 Å². The molecule has 1 heterocycles. The molecule has 14 heavy (non-hydrogen) atoms. The summed E-state index contributed by atoms with van der Waals surface area (Å²) in [7, 11) is -3.10. The number of hydrogen-bond acceptors (Lipinski definition) is 2. The van der Waals surface area contributed by atoms with E-state index in [0.717, 1.165) is 6.42 Å². The minimum Gasteiger partial charge on any atom is -0.212 e. The van der Waals surface area contributed by atoms with Crippen LogP contribution in [0.2, 0.25) is 0 Å². The van der Waals surface area contributed by atoms with Crippen LogP contribution in [0.5, 0.6) is 0 Å². The molecule has 0 aromatic rings. The number of nitrogens with zero attached hydrogens (tertiary/aromatic N) is 1. The topological polar surface area (TPSA) is 37.4 Å². The summed E-state index contributed by atoms with van der Waals surface area (Å²) in [5.74, 6) is 0.222. The second kappa shape index (κ2) is 3.99. The van der Waals surface area contributed by atoms with Gasteiger partial charge in [0, 0.05) is 12.1 Å². The summed E-state index contributed by atoms with van der Waals surface area (Å²) in [5.41, 5.74) is -0.435. The molecule has 0 aromatic heterocycles. The lowest BCUT2D eigenvalue weighted by molar-refractivity contribution is 0.294. The summed E-state index contributed by atoms with van der Waals surface area (Å²) < 4.78 is 25.3. The van der Waals surface area contributed by atoms with Gasteiger partial charge in [-0.3, -0.25) is 0 Å². The van der Waals surface area contributed by atoms with E-state index in [4.69, 9.17) is 11.6 Å². The van der Waals surface area contributed by atoms with Gasteiger partial charge in [-0.15, -0.1) is 11.6 Å². The first-order valence-electron chi connectivity index (χ1n) is 4.97. The molecular weight excluding hydrogens is 222 g/mol. The molecule has 3 nitrogen and oxygen atoms in total. The molecule has 1 unspecified atom stereocenters. The Balaban J connectivity index is 2.90. The molecule has 1 aliphatic rings. The Bertz CT molecular complexity index is 300. The smallest absolute Gasteiger partial charge is 0.212 e. The van der Waals surface area contributed by atoms with E-state index in [0.29, 0.717) is 13.0 Å². The molecule has 0 spiro atoms. The van der Waals surface area contributed by atoms with Gasteiger partial charge in [0.05, 0.1) is 11.1 Å². The van der Waals surface area contributed by atoms with Crippen molar-refractivity contribution in [2.45, 2.75) is 44.5 Å². The number of sulfonamides is 1. The van der Waals surface area contributed by atoms with Gasteiger partial charge in [-0.25, -0.2) is 8.42 Å². The van der Waals surface area contributed by atoms with Gasteiger partial charge in [0.25, 0.3) is 0 Å². The Labute approximate surface area is 91.5 Å². The zero-order chi connectivity index (χ0) is 11.0. The van der Waals surface area contributed by atoms with Crippen LogP contribution in [-0.2, 0) is 10.0 Å². The Morgan fingerprint density at radius 1 is 1.50 bits per heavy atom. The lowest BCUT2D eigenvalue weighted by Gasteiger charge is -2.32. The Kier molecular flexibility index (Phi) is 3.49. The van der Waals surface area contributed by atoms with Gasteiger partial charge in [0.1, 0.15) is 0 Å². The van der Waals surface area contributed by atoms with Crippen molar-refractivity contribution in [1.29, 1.82) is 0 Å². The fourth-order valence-corrected chi connectivity index (χ4v) is 4.13. The van der Waals surface area contributed by atoms with Crippen molar-refractivity contribution in [1.82, 2.24) is 4.31 Å². The molecule has 0 bridgehead atoms. The highest BCUT2D eigenvalue weighted by Gasteiger charge is 2.45. The third-order valence-corrected chi connectivity index (χ3v) is 5.79. The lowest BCUT2D eigenvalue weighted by atomic mass is 10.0. The Morgan fingerprint density at radius 3 is 2.43 bits per heavy atom. The highest BCUT2D eigenvalue weighted by atomic mass is 35.5. The normalized spacial score (nSPS) is 28.1. The van der Waals surface area contributed by atoms with Gasteiger partial charge in [0.15, 0.2) is 0 Å². The van der Waals surface area contributed by atoms with Crippen molar-refractivity contribution in [3.05, 3.63) is 0 Å². The molecule has 0 radical (unpaired) electrons. The van der Waals surface area contributed by atoms with Crippen LogP contribution in [0.3, 0.4) is 0 Å². The second-order valence-corrected chi connectivity index (χ2v) is 6.84. The van der Waals surface area contributed by atoms with Crippen LogP contribution in [0.4, 0.5) is 0 Å². The molecule has 0 saturated carbocycles. The first-order chi connectivity index (χ1) is 6.32. The van der Waals surface area contributed by atoms with E-state index in [1.807, 2.05) is 20.8 Å². The van der Waals surface area contributed by atoms with E-state index >= 15 is 0 Å². The fourth-order valence-electron chi connectivity index (χ4n) is 1.89. The molecule has 0 aromatic carbocycles. The zero-order valence-electron chi connectivity index (χ0n) is 8.96. The van der Waals surface area contributed by atoms with Crippen molar-refractivity contribution < 1.29 is 8.42 Å². The maximum absolute atomic E-state index is 11.9. The summed E-state index contributed by atoms with van der Waals surface area (Å²) in [5, 5.41) is -0.0749. The quantitative estimate of drug-likeness (QED) is 0.705. The molecule has 0 N–H and O–H groups in total. The maximum atomic E-state index is 11.9. The van der Waals surface area contributed by atoms with Crippen molar-refractivity contribution in [2.24, 2.45) is 0 Å². The Morgan fingerprint density at radius 2 is 2.07 bits per heavy atom. The molecule has 1 saturated heterocycles. The highest BCUT2D eigenvalue weighted by molar-refractivity contribution is 7.89. The SMILES string of the molecule is CCCS(=O)(=O)N1CCC(Cl)C1(C)C.